The van der Waals surface area contributed by atoms with E-state index in [0.29, 0.717) is 37.2 Å². The summed E-state index contributed by atoms with van der Waals surface area (Å²) in [4.78, 5) is 14.1. The summed E-state index contributed by atoms with van der Waals surface area (Å²) >= 11 is 0. The van der Waals surface area contributed by atoms with Gasteiger partial charge in [-0.25, -0.2) is 13.1 Å². The molecule has 1 aliphatic rings. The number of rotatable bonds is 5. The second-order valence-electron chi connectivity index (χ2n) is 5.85. The molecule has 25 heavy (non-hydrogen) atoms. The number of ether oxygens (including phenoxy) is 1. The van der Waals surface area contributed by atoms with Crippen molar-refractivity contribution in [2.75, 3.05) is 20.2 Å². The van der Waals surface area contributed by atoms with Gasteiger partial charge in [-0.05, 0) is 31.0 Å². The Morgan fingerprint density at radius 2 is 1.96 bits per heavy atom. The van der Waals surface area contributed by atoms with Crippen LogP contribution >= 0.6 is 0 Å². The molecule has 1 N–H and O–H groups in total. The molecule has 0 saturated carbocycles. The molecule has 8 heteroatoms. The van der Waals surface area contributed by atoms with Crippen LogP contribution < -0.4 is 9.46 Å². The molecule has 1 aliphatic heterocycles. The van der Waals surface area contributed by atoms with Gasteiger partial charge in [-0.3, -0.25) is 4.79 Å². The number of likely N-dealkylation sites (tertiary alicyclic amines) is 1. The van der Waals surface area contributed by atoms with Gasteiger partial charge in [-0.15, -0.1) is 0 Å². The maximum atomic E-state index is 12.6. The number of nitrogens with one attached hydrogen (secondary N) is 1. The number of furan rings is 1. The Morgan fingerprint density at radius 3 is 2.60 bits per heavy atom. The summed E-state index contributed by atoms with van der Waals surface area (Å²) in [5.74, 6) is 0.211. The van der Waals surface area contributed by atoms with Crippen molar-refractivity contribution in [3.05, 3.63) is 48.4 Å². The van der Waals surface area contributed by atoms with Crippen molar-refractivity contribution in [2.45, 2.75) is 23.8 Å². The van der Waals surface area contributed by atoms with Gasteiger partial charge in [-0.2, -0.15) is 0 Å². The fourth-order valence-corrected chi connectivity index (χ4v) is 4.37. The molecule has 1 fully saturated rings. The molecule has 2 aromatic rings. The average Bonchev–Trinajstić information content (AvgIpc) is 3.16. The van der Waals surface area contributed by atoms with Crippen molar-refractivity contribution in [1.29, 1.82) is 0 Å². The van der Waals surface area contributed by atoms with E-state index in [4.69, 9.17) is 9.15 Å². The highest BCUT2D eigenvalue weighted by atomic mass is 32.2. The molecule has 0 aliphatic carbocycles. The maximum Gasteiger partial charge on any atom is 0.257 e. The first-order valence-corrected chi connectivity index (χ1v) is 9.46. The van der Waals surface area contributed by atoms with E-state index in [1.165, 1.54) is 25.7 Å². The van der Waals surface area contributed by atoms with Gasteiger partial charge in [0.1, 0.15) is 16.9 Å². The number of carbonyl (C=O) groups is 1. The third kappa shape index (κ3) is 3.85. The second-order valence-corrected chi connectivity index (χ2v) is 7.53. The molecule has 1 saturated heterocycles. The monoisotopic (exact) mass is 364 g/mol. The minimum absolute atomic E-state index is 0.0974. The van der Waals surface area contributed by atoms with E-state index in [9.17, 15) is 13.2 Å². The zero-order valence-electron chi connectivity index (χ0n) is 13.8. The quantitative estimate of drug-likeness (QED) is 0.875. The summed E-state index contributed by atoms with van der Waals surface area (Å²) < 4.78 is 38.0. The van der Waals surface area contributed by atoms with E-state index in [0.717, 1.165) is 0 Å². The van der Waals surface area contributed by atoms with Gasteiger partial charge in [0.05, 0.1) is 18.9 Å². The van der Waals surface area contributed by atoms with Crippen LogP contribution in [-0.4, -0.2) is 45.5 Å². The first kappa shape index (κ1) is 17.5. The lowest BCUT2D eigenvalue weighted by Crippen LogP contribution is -2.46. The minimum Gasteiger partial charge on any atom is -0.495 e. The molecule has 7 nitrogen and oxygen atoms in total. The SMILES string of the molecule is COc1ccccc1S(=O)(=O)NC1CCN(C(=O)c2ccoc2)CC1. The molecule has 0 spiro atoms. The summed E-state index contributed by atoms with van der Waals surface area (Å²) in [6, 6.07) is 7.91. The predicted molar refractivity (Wildman–Crippen MR) is 90.9 cm³/mol. The highest BCUT2D eigenvalue weighted by molar-refractivity contribution is 7.89. The van der Waals surface area contributed by atoms with E-state index in [1.54, 1.807) is 29.2 Å². The number of carbonyl (C=O) groups excluding carboxylic acids is 1. The molecule has 1 aromatic carbocycles. The first-order valence-electron chi connectivity index (χ1n) is 7.98. The van der Waals surface area contributed by atoms with Crippen LogP contribution in [0.4, 0.5) is 0 Å². The summed E-state index contributed by atoms with van der Waals surface area (Å²) in [6.45, 7) is 0.978. The van der Waals surface area contributed by atoms with E-state index in [-0.39, 0.29) is 16.8 Å². The smallest absolute Gasteiger partial charge is 0.257 e. The average molecular weight is 364 g/mol. The fourth-order valence-electron chi connectivity index (χ4n) is 2.89. The number of para-hydroxylation sites is 1. The number of benzene rings is 1. The Hall–Kier alpha value is -2.32. The van der Waals surface area contributed by atoms with E-state index < -0.39 is 10.0 Å². The van der Waals surface area contributed by atoms with Crippen molar-refractivity contribution in [3.63, 3.8) is 0 Å². The van der Waals surface area contributed by atoms with Crippen LogP contribution in [0.3, 0.4) is 0 Å². The normalized spacial score (nSPS) is 16.0. The zero-order valence-corrected chi connectivity index (χ0v) is 14.7. The van der Waals surface area contributed by atoms with Gasteiger partial charge in [0, 0.05) is 19.1 Å². The lowest BCUT2D eigenvalue weighted by atomic mass is 10.1. The number of sulfonamides is 1. The van der Waals surface area contributed by atoms with E-state index in [1.807, 2.05) is 0 Å². The molecule has 1 aromatic heterocycles. The first-order chi connectivity index (χ1) is 12.0. The summed E-state index contributed by atoms with van der Waals surface area (Å²) in [5.41, 5.74) is 0.507. The van der Waals surface area contributed by atoms with Crippen LogP contribution in [0.2, 0.25) is 0 Å². The molecule has 1 amide bonds. The summed E-state index contributed by atoms with van der Waals surface area (Å²) in [5, 5.41) is 0. The summed E-state index contributed by atoms with van der Waals surface area (Å²) in [6.07, 6.45) is 3.98. The Balaban J connectivity index is 1.63. The Labute approximate surface area is 146 Å². The fraction of sp³-hybridized carbons (Fsp3) is 0.353. The number of methoxy groups -OCH3 is 1. The largest absolute Gasteiger partial charge is 0.495 e. The van der Waals surface area contributed by atoms with Crippen molar-refractivity contribution < 1.29 is 22.4 Å². The standard InChI is InChI=1S/C17H20N2O5S/c1-23-15-4-2-3-5-16(15)25(21,22)18-14-6-9-19(10-7-14)17(20)13-8-11-24-12-13/h2-5,8,11-12,14,18H,6-7,9-10H2,1H3. The molecular formula is C17H20N2O5S. The van der Waals surface area contributed by atoms with Gasteiger partial charge in [0.2, 0.25) is 10.0 Å². The second kappa shape index (κ2) is 7.28. The number of nitrogens with zero attached hydrogens (tertiary/aromatic N) is 1. The molecular weight excluding hydrogens is 344 g/mol. The Bertz CT molecular complexity index is 824. The minimum atomic E-state index is -3.68. The van der Waals surface area contributed by atoms with Crippen LogP contribution in [0.1, 0.15) is 23.2 Å². The molecule has 0 atom stereocenters. The summed E-state index contributed by atoms with van der Waals surface area (Å²) in [7, 11) is -2.24. The van der Waals surface area contributed by atoms with Crippen LogP contribution in [0.25, 0.3) is 0 Å². The van der Waals surface area contributed by atoms with Crippen LogP contribution in [0, 0.1) is 0 Å². The lowest BCUT2D eigenvalue weighted by molar-refractivity contribution is 0.0710. The van der Waals surface area contributed by atoms with Crippen molar-refractivity contribution >= 4 is 15.9 Å². The van der Waals surface area contributed by atoms with Crippen molar-refractivity contribution in [2.24, 2.45) is 0 Å². The topological polar surface area (TPSA) is 88.9 Å². The number of piperidine rings is 1. The molecule has 3 rings (SSSR count). The van der Waals surface area contributed by atoms with E-state index in [2.05, 4.69) is 4.72 Å². The van der Waals surface area contributed by atoms with Gasteiger partial charge in [0.25, 0.3) is 5.91 Å². The van der Waals surface area contributed by atoms with Gasteiger partial charge in [0.15, 0.2) is 0 Å². The lowest BCUT2D eigenvalue weighted by Gasteiger charge is -2.32. The third-order valence-electron chi connectivity index (χ3n) is 4.23. The van der Waals surface area contributed by atoms with Gasteiger partial charge < -0.3 is 14.1 Å². The van der Waals surface area contributed by atoms with Gasteiger partial charge >= 0.3 is 0 Å². The number of hydrogen-bond donors (Lipinski definition) is 1. The van der Waals surface area contributed by atoms with Gasteiger partial charge in [-0.1, -0.05) is 12.1 Å². The number of hydrogen-bond acceptors (Lipinski definition) is 5. The third-order valence-corrected chi connectivity index (χ3v) is 5.79. The van der Waals surface area contributed by atoms with Crippen LogP contribution in [0.15, 0.2) is 52.2 Å². The highest BCUT2D eigenvalue weighted by Gasteiger charge is 2.28. The molecule has 0 bridgehead atoms. The van der Waals surface area contributed by atoms with Crippen molar-refractivity contribution in [3.8, 4) is 5.75 Å². The molecule has 0 radical (unpaired) electrons. The molecule has 134 valence electrons. The Morgan fingerprint density at radius 1 is 1.24 bits per heavy atom. The zero-order chi connectivity index (χ0) is 17.9. The number of amides is 1. The van der Waals surface area contributed by atoms with Crippen molar-refractivity contribution in [1.82, 2.24) is 9.62 Å². The molecule has 0 unspecified atom stereocenters. The highest BCUT2D eigenvalue weighted by Crippen LogP contribution is 2.24. The van der Waals surface area contributed by atoms with Crippen LogP contribution in [-0.2, 0) is 10.0 Å². The Kier molecular flexibility index (Phi) is 5.10. The predicted octanol–water partition coefficient (Wildman–Crippen LogP) is 1.87. The molecule has 2 heterocycles. The van der Waals surface area contributed by atoms with Crippen LogP contribution in [0.5, 0.6) is 5.75 Å². The maximum absolute atomic E-state index is 12.6. The van der Waals surface area contributed by atoms with E-state index >= 15 is 0 Å².